The van der Waals surface area contributed by atoms with Gasteiger partial charge in [-0.05, 0) is 63.5 Å². The van der Waals surface area contributed by atoms with Gasteiger partial charge >= 0.3 is 0 Å². The maximum atomic E-state index is 12.1. The second-order valence-electron chi connectivity index (χ2n) is 4.59. The number of carbonyl (C=O) groups excluding carboxylic acids is 1. The molecule has 0 aliphatic heterocycles. The number of hydrogen-bond acceptors (Lipinski definition) is 4. The minimum Gasteiger partial charge on any atom is -0.323 e. The van der Waals surface area contributed by atoms with Crippen LogP contribution in [0.4, 0.5) is 5.69 Å². The smallest absolute Gasteiger partial charge is 0.246 e. The van der Waals surface area contributed by atoms with E-state index in [1.54, 1.807) is 6.20 Å². The van der Waals surface area contributed by atoms with Crippen molar-refractivity contribution in [3.8, 4) is 0 Å². The molecule has 0 unspecified atom stereocenters. The number of aryl methyl sites for hydroxylation is 1. The molecule has 0 spiro atoms. The SMILES string of the molecule is CNCc1cn(CC(=O)Nc2c(Br)cc(C)cc2Br)nn1. The molecule has 1 aromatic heterocycles. The summed E-state index contributed by atoms with van der Waals surface area (Å²) in [5, 5.41) is 13.7. The molecule has 0 radical (unpaired) electrons. The molecule has 1 aromatic carbocycles. The van der Waals surface area contributed by atoms with Crippen LogP contribution in [0.5, 0.6) is 0 Å². The average molecular weight is 417 g/mol. The van der Waals surface area contributed by atoms with E-state index < -0.39 is 0 Å². The van der Waals surface area contributed by atoms with E-state index in [0.717, 1.165) is 20.2 Å². The summed E-state index contributed by atoms with van der Waals surface area (Å²) < 4.78 is 3.17. The lowest BCUT2D eigenvalue weighted by Crippen LogP contribution is -2.19. The first-order valence-electron chi connectivity index (χ1n) is 6.28. The summed E-state index contributed by atoms with van der Waals surface area (Å²) in [7, 11) is 1.83. The molecule has 2 N–H and O–H groups in total. The van der Waals surface area contributed by atoms with Crippen LogP contribution in [0.1, 0.15) is 11.3 Å². The molecular formula is C13H15Br2N5O. The molecule has 1 amide bonds. The number of anilines is 1. The minimum absolute atomic E-state index is 0.115. The number of hydrogen-bond donors (Lipinski definition) is 2. The summed E-state index contributed by atoms with van der Waals surface area (Å²) >= 11 is 6.90. The van der Waals surface area contributed by atoms with Gasteiger partial charge in [0.1, 0.15) is 6.54 Å². The molecule has 0 saturated heterocycles. The van der Waals surface area contributed by atoms with Crippen LogP contribution in [-0.2, 0) is 17.9 Å². The molecule has 0 aliphatic rings. The number of benzene rings is 1. The number of rotatable bonds is 5. The molecule has 0 atom stereocenters. The van der Waals surface area contributed by atoms with Crippen molar-refractivity contribution in [3.63, 3.8) is 0 Å². The van der Waals surface area contributed by atoms with Gasteiger partial charge in [-0.15, -0.1) is 5.10 Å². The van der Waals surface area contributed by atoms with Crippen molar-refractivity contribution in [2.45, 2.75) is 20.0 Å². The van der Waals surface area contributed by atoms with Gasteiger partial charge in [-0.2, -0.15) is 0 Å². The third-order valence-corrected chi connectivity index (χ3v) is 3.95. The predicted octanol–water partition coefficient (Wildman–Crippen LogP) is 2.47. The summed E-state index contributed by atoms with van der Waals surface area (Å²) in [6.45, 7) is 2.72. The van der Waals surface area contributed by atoms with Crippen LogP contribution in [0.2, 0.25) is 0 Å². The van der Waals surface area contributed by atoms with Gasteiger partial charge in [0, 0.05) is 15.5 Å². The molecule has 21 heavy (non-hydrogen) atoms. The van der Waals surface area contributed by atoms with Crippen LogP contribution in [-0.4, -0.2) is 27.9 Å². The van der Waals surface area contributed by atoms with E-state index in [1.165, 1.54) is 4.68 Å². The molecule has 0 fully saturated rings. The molecule has 112 valence electrons. The number of nitrogens with one attached hydrogen (secondary N) is 2. The Balaban J connectivity index is 2.04. The standard InChI is InChI=1S/C13H15Br2N5O/c1-8-3-10(14)13(11(15)4-8)17-12(21)7-20-6-9(5-16-2)18-19-20/h3-4,6,16H,5,7H2,1-2H3,(H,17,21). The van der Waals surface area contributed by atoms with Crippen LogP contribution in [0.3, 0.4) is 0 Å². The van der Waals surface area contributed by atoms with Gasteiger partial charge in [-0.25, -0.2) is 4.68 Å². The molecule has 2 rings (SSSR count). The van der Waals surface area contributed by atoms with Crippen molar-refractivity contribution in [1.29, 1.82) is 0 Å². The highest BCUT2D eigenvalue weighted by molar-refractivity contribution is 9.11. The van der Waals surface area contributed by atoms with Crippen molar-refractivity contribution < 1.29 is 4.79 Å². The number of amides is 1. The molecular weight excluding hydrogens is 402 g/mol. The fourth-order valence-electron chi connectivity index (χ4n) is 1.82. The first-order valence-corrected chi connectivity index (χ1v) is 7.87. The quantitative estimate of drug-likeness (QED) is 0.785. The molecule has 0 aliphatic carbocycles. The van der Waals surface area contributed by atoms with Crippen LogP contribution in [0.15, 0.2) is 27.3 Å². The lowest BCUT2D eigenvalue weighted by atomic mass is 10.2. The largest absolute Gasteiger partial charge is 0.323 e. The first kappa shape index (κ1) is 16.1. The minimum atomic E-state index is -0.166. The number of carbonyl (C=O) groups is 1. The normalized spacial score (nSPS) is 10.7. The molecule has 8 heteroatoms. The predicted molar refractivity (Wildman–Crippen MR) is 88.0 cm³/mol. The molecule has 0 bridgehead atoms. The monoisotopic (exact) mass is 415 g/mol. The highest BCUT2D eigenvalue weighted by Gasteiger charge is 2.11. The Morgan fingerprint density at radius 1 is 1.33 bits per heavy atom. The fraction of sp³-hybridized carbons (Fsp3) is 0.308. The molecule has 2 aromatic rings. The summed E-state index contributed by atoms with van der Waals surface area (Å²) in [5.74, 6) is -0.166. The van der Waals surface area contributed by atoms with Crippen molar-refractivity contribution >= 4 is 43.5 Å². The van der Waals surface area contributed by atoms with Gasteiger partial charge in [0.05, 0.1) is 17.6 Å². The van der Waals surface area contributed by atoms with Gasteiger partial charge in [-0.3, -0.25) is 4.79 Å². The highest BCUT2D eigenvalue weighted by Crippen LogP contribution is 2.32. The third kappa shape index (κ3) is 4.36. The first-order chi connectivity index (χ1) is 9.99. The Hall–Kier alpha value is -1.25. The summed E-state index contributed by atoms with van der Waals surface area (Å²) in [4.78, 5) is 12.1. The van der Waals surface area contributed by atoms with Crippen LogP contribution in [0, 0.1) is 6.92 Å². The zero-order valence-electron chi connectivity index (χ0n) is 11.7. The fourth-order valence-corrected chi connectivity index (χ4v) is 3.44. The van der Waals surface area contributed by atoms with E-state index in [1.807, 2.05) is 26.1 Å². The Morgan fingerprint density at radius 2 is 2.00 bits per heavy atom. The van der Waals surface area contributed by atoms with Gasteiger partial charge < -0.3 is 10.6 Å². The van der Waals surface area contributed by atoms with E-state index in [0.29, 0.717) is 12.2 Å². The van der Waals surface area contributed by atoms with Crippen molar-refractivity contribution in [3.05, 3.63) is 38.5 Å². The molecule has 0 saturated carbocycles. The second-order valence-corrected chi connectivity index (χ2v) is 6.30. The van der Waals surface area contributed by atoms with E-state index in [9.17, 15) is 4.79 Å². The lowest BCUT2D eigenvalue weighted by Gasteiger charge is -2.10. The Morgan fingerprint density at radius 3 is 2.62 bits per heavy atom. The van der Waals surface area contributed by atoms with Gasteiger partial charge in [0.2, 0.25) is 5.91 Å². The van der Waals surface area contributed by atoms with E-state index in [2.05, 4.69) is 52.8 Å². The Labute approximate surface area is 139 Å². The van der Waals surface area contributed by atoms with Crippen LogP contribution >= 0.6 is 31.9 Å². The summed E-state index contributed by atoms with van der Waals surface area (Å²) in [5.41, 5.74) is 2.60. The Bertz CT molecular complexity index is 633. The third-order valence-electron chi connectivity index (χ3n) is 2.70. The van der Waals surface area contributed by atoms with E-state index >= 15 is 0 Å². The molecule has 6 nitrogen and oxygen atoms in total. The zero-order valence-corrected chi connectivity index (χ0v) is 14.8. The zero-order chi connectivity index (χ0) is 15.4. The van der Waals surface area contributed by atoms with Crippen molar-refractivity contribution in [1.82, 2.24) is 20.3 Å². The molecule has 1 heterocycles. The van der Waals surface area contributed by atoms with E-state index in [-0.39, 0.29) is 12.5 Å². The van der Waals surface area contributed by atoms with E-state index in [4.69, 9.17) is 0 Å². The second kappa shape index (κ2) is 7.15. The Kier molecular flexibility index (Phi) is 5.49. The van der Waals surface area contributed by atoms with Gasteiger partial charge in [-0.1, -0.05) is 5.21 Å². The highest BCUT2D eigenvalue weighted by atomic mass is 79.9. The summed E-state index contributed by atoms with van der Waals surface area (Å²) in [6, 6.07) is 3.89. The van der Waals surface area contributed by atoms with Crippen molar-refractivity contribution in [2.24, 2.45) is 0 Å². The number of aromatic nitrogens is 3. The van der Waals surface area contributed by atoms with Crippen molar-refractivity contribution in [2.75, 3.05) is 12.4 Å². The maximum absolute atomic E-state index is 12.1. The topological polar surface area (TPSA) is 71.8 Å². The number of halogens is 2. The van der Waals surface area contributed by atoms with Gasteiger partial charge in [0.25, 0.3) is 0 Å². The lowest BCUT2D eigenvalue weighted by molar-refractivity contribution is -0.116. The van der Waals surface area contributed by atoms with Crippen LogP contribution in [0.25, 0.3) is 0 Å². The summed E-state index contributed by atoms with van der Waals surface area (Å²) in [6.07, 6.45) is 1.75. The van der Waals surface area contributed by atoms with Gasteiger partial charge in [0.15, 0.2) is 0 Å². The average Bonchev–Trinajstić information content (AvgIpc) is 2.81. The van der Waals surface area contributed by atoms with Crippen LogP contribution < -0.4 is 10.6 Å². The number of nitrogens with zero attached hydrogens (tertiary/aromatic N) is 3. The maximum Gasteiger partial charge on any atom is 0.246 e.